The molecule has 1 aliphatic carbocycles. The fourth-order valence-corrected chi connectivity index (χ4v) is 5.37. The van der Waals surface area contributed by atoms with Crippen LogP contribution in [0.4, 0.5) is 0 Å². The van der Waals surface area contributed by atoms with E-state index in [-0.39, 0.29) is 18.4 Å². The van der Waals surface area contributed by atoms with Crippen LogP contribution in [0.5, 0.6) is 5.75 Å². The Morgan fingerprint density at radius 2 is 1.66 bits per heavy atom. The molecule has 1 atom stereocenters. The Morgan fingerprint density at radius 1 is 0.938 bits per heavy atom. The molecule has 2 fully saturated rings. The molecule has 0 bridgehead atoms. The summed E-state index contributed by atoms with van der Waals surface area (Å²) in [4.78, 5) is 26.8. The summed E-state index contributed by atoms with van der Waals surface area (Å²) >= 11 is 11.9. The third kappa shape index (κ3) is 5.38. The molecule has 1 saturated heterocycles. The molecule has 1 aliphatic heterocycles. The van der Waals surface area contributed by atoms with Crippen molar-refractivity contribution in [3.05, 3.63) is 63.6 Å². The molecule has 170 valence electrons. The highest BCUT2D eigenvalue weighted by atomic mass is 35.5. The Morgan fingerprint density at radius 3 is 2.34 bits per heavy atom. The van der Waals surface area contributed by atoms with Crippen molar-refractivity contribution in [1.29, 1.82) is 0 Å². The second-order valence-electron chi connectivity index (χ2n) is 8.90. The van der Waals surface area contributed by atoms with Gasteiger partial charge in [-0.15, -0.1) is 0 Å². The average molecular weight is 475 g/mol. The number of nitrogens with zero attached hydrogens (tertiary/aromatic N) is 1. The van der Waals surface area contributed by atoms with Crippen molar-refractivity contribution in [1.82, 2.24) is 10.2 Å². The maximum absolute atomic E-state index is 12.6. The first-order valence-electron chi connectivity index (χ1n) is 11.2. The van der Waals surface area contributed by atoms with E-state index in [4.69, 9.17) is 23.2 Å². The van der Waals surface area contributed by atoms with E-state index in [1.54, 1.807) is 24.3 Å². The number of phenolic OH excluding ortho intramolecular Hbond substituents is 1. The van der Waals surface area contributed by atoms with Crippen molar-refractivity contribution in [2.45, 2.75) is 38.0 Å². The minimum Gasteiger partial charge on any atom is -0.508 e. The van der Waals surface area contributed by atoms with Crippen LogP contribution in [0.2, 0.25) is 10.0 Å². The van der Waals surface area contributed by atoms with Crippen molar-refractivity contribution in [3.63, 3.8) is 0 Å². The number of carbonyl (C=O) groups is 2. The van der Waals surface area contributed by atoms with E-state index >= 15 is 0 Å². The Hall–Kier alpha value is -2.24. The van der Waals surface area contributed by atoms with Gasteiger partial charge in [-0.2, -0.15) is 0 Å². The molecular weight excluding hydrogens is 447 g/mol. The molecule has 2 aromatic rings. The molecule has 0 aromatic heterocycles. The monoisotopic (exact) mass is 474 g/mol. The van der Waals surface area contributed by atoms with Gasteiger partial charge >= 0.3 is 0 Å². The van der Waals surface area contributed by atoms with Crippen LogP contribution in [0.15, 0.2) is 42.5 Å². The summed E-state index contributed by atoms with van der Waals surface area (Å²) in [7, 11) is 0. The third-order valence-corrected chi connectivity index (χ3v) is 7.70. The van der Waals surface area contributed by atoms with Gasteiger partial charge in [-0.05, 0) is 85.8 Å². The lowest BCUT2D eigenvalue weighted by atomic mass is 9.73. The van der Waals surface area contributed by atoms with Crippen LogP contribution in [0.25, 0.3) is 0 Å². The standard InChI is InChI=1S/C25H28Cl2N2O3/c26-22-10-7-19(13-23(22)27)25(32)28-14-24(31)29-12-11-20(15-29)18-3-1-16(2-4-18)17-5-8-21(30)9-6-17/h5-10,13,16,18,20,30H,1-4,11-12,14-15H2,(H,28,32). The minimum atomic E-state index is -0.333. The maximum atomic E-state index is 12.6. The predicted octanol–water partition coefficient (Wildman–Crippen LogP) is 5.25. The number of phenols is 1. The number of hydrogen-bond acceptors (Lipinski definition) is 3. The highest BCUT2D eigenvalue weighted by Gasteiger charge is 2.34. The molecule has 1 unspecified atom stereocenters. The van der Waals surface area contributed by atoms with Crippen LogP contribution in [-0.2, 0) is 4.79 Å². The predicted molar refractivity (Wildman–Crippen MR) is 126 cm³/mol. The molecule has 7 heteroatoms. The molecule has 2 amide bonds. The second-order valence-corrected chi connectivity index (χ2v) is 9.72. The molecule has 0 spiro atoms. The normalized spacial score (nSPS) is 23.2. The summed E-state index contributed by atoms with van der Waals surface area (Å²) in [6, 6.07) is 12.3. The number of halogens is 2. The Bertz CT molecular complexity index is 972. The van der Waals surface area contributed by atoms with E-state index in [0.29, 0.717) is 39.1 Å². The quantitative estimate of drug-likeness (QED) is 0.621. The van der Waals surface area contributed by atoms with E-state index in [0.717, 1.165) is 32.4 Å². The molecule has 2 N–H and O–H groups in total. The van der Waals surface area contributed by atoms with Crippen LogP contribution in [0.3, 0.4) is 0 Å². The van der Waals surface area contributed by atoms with Gasteiger partial charge in [-0.25, -0.2) is 0 Å². The van der Waals surface area contributed by atoms with E-state index in [1.165, 1.54) is 24.5 Å². The van der Waals surface area contributed by atoms with Crippen LogP contribution < -0.4 is 5.32 Å². The minimum absolute atomic E-state index is 0.0145. The van der Waals surface area contributed by atoms with Crippen molar-refractivity contribution >= 4 is 35.0 Å². The van der Waals surface area contributed by atoms with Crippen LogP contribution in [-0.4, -0.2) is 41.5 Å². The van der Waals surface area contributed by atoms with E-state index < -0.39 is 0 Å². The van der Waals surface area contributed by atoms with Gasteiger partial charge in [-0.1, -0.05) is 35.3 Å². The molecule has 5 nitrogen and oxygen atoms in total. The Balaban J connectivity index is 1.23. The number of hydrogen-bond donors (Lipinski definition) is 2. The zero-order chi connectivity index (χ0) is 22.7. The summed E-state index contributed by atoms with van der Waals surface area (Å²) in [5.41, 5.74) is 1.69. The highest BCUT2D eigenvalue weighted by molar-refractivity contribution is 6.42. The Labute approximate surface area is 198 Å². The highest BCUT2D eigenvalue weighted by Crippen LogP contribution is 2.41. The number of aromatic hydroxyl groups is 1. The summed E-state index contributed by atoms with van der Waals surface area (Å²) in [6.45, 7) is 1.51. The summed E-state index contributed by atoms with van der Waals surface area (Å²) < 4.78 is 0. The van der Waals surface area contributed by atoms with Crippen molar-refractivity contribution in [2.24, 2.45) is 11.8 Å². The molecule has 32 heavy (non-hydrogen) atoms. The second kappa shape index (κ2) is 10.1. The van der Waals surface area contributed by atoms with Crippen LogP contribution in [0.1, 0.15) is 53.9 Å². The average Bonchev–Trinajstić information content (AvgIpc) is 3.30. The summed E-state index contributed by atoms with van der Waals surface area (Å²) in [5, 5.41) is 12.9. The number of carbonyl (C=O) groups excluding carboxylic acids is 2. The summed E-state index contributed by atoms with van der Waals surface area (Å²) in [6.07, 6.45) is 5.68. The molecule has 2 aromatic carbocycles. The maximum Gasteiger partial charge on any atom is 0.251 e. The van der Waals surface area contributed by atoms with E-state index in [1.807, 2.05) is 17.0 Å². The van der Waals surface area contributed by atoms with Crippen LogP contribution >= 0.6 is 23.2 Å². The lowest BCUT2D eigenvalue weighted by Crippen LogP contribution is -2.39. The number of likely N-dealkylation sites (tertiary alicyclic amines) is 1. The first-order valence-corrected chi connectivity index (χ1v) is 12.0. The first kappa shape index (κ1) is 22.9. The summed E-state index contributed by atoms with van der Waals surface area (Å²) in [5.74, 6) is 1.67. The van der Waals surface area contributed by atoms with Gasteiger partial charge < -0.3 is 15.3 Å². The zero-order valence-corrected chi connectivity index (χ0v) is 19.4. The number of nitrogens with one attached hydrogen (secondary N) is 1. The van der Waals surface area contributed by atoms with Gasteiger partial charge in [0.2, 0.25) is 5.91 Å². The molecule has 4 rings (SSSR count). The zero-order valence-electron chi connectivity index (χ0n) is 17.9. The Kier molecular flexibility index (Phi) is 7.27. The lowest BCUT2D eigenvalue weighted by molar-refractivity contribution is -0.129. The van der Waals surface area contributed by atoms with E-state index in [2.05, 4.69) is 5.32 Å². The fourth-order valence-electron chi connectivity index (χ4n) is 5.08. The lowest BCUT2D eigenvalue weighted by Gasteiger charge is -2.32. The van der Waals surface area contributed by atoms with Gasteiger partial charge in [0.25, 0.3) is 5.91 Å². The van der Waals surface area contributed by atoms with E-state index in [9.17, 15) is 14.7 Å². The number of rotatable bonds is 5. The van der Waals surface area contributed by atoms with Crippen LogP contribution in [0, 0.1) is 11.8 Å². The van der Waals surface area contributed by atoms with Gasteiger partial charge in [0.1, 0.15) is 5.75 Å². The first-order chi connectivity index (χ1) is 15.4. The molecule has 0 radical (unpaired) electrons. The van der Waals surface area contributed by atoms with Gasteiger partial charge in [0.05, 0.1) is 16.6 Å². The third-order valence-electron chi connectivity index (χ3n) is 6.96. The number of amides is 2. The smallest absolute Gasteiger partial charge is 0.251 e. The molecule has 1 saturated carbocycles. The van der Waals surface area contributed by atoms with Gasteiger partial charge in [0.15, 0.2) is 0 Å². The van der Waals surface area contributed by atoms with Crippen molar-refractivity contribution in [2.75, 3.05) is 19.6 Å². The molecule has 1 heterocycles. The van der Waals surface area contributed by atoms with Crippen molar-refractivity contribution < 1.29 is 14.7 Å². The molecular formula is C25H28Cl2N2O3. The van der Waals surface area contributed by atoms with Gasteiger partial charge in [0, 0.05) is 18.7 Å². The fraction of sp³-hybridized carbons (Fsp3) is 0.440. The molecule has 2 aliphatic rings. The van der Waals surface area contributed by atoms with Crippen molar-refractivity contribution in [3.8, 4) is 5.75 Å². The topological polar surface area (TPSA) is 69.6 Å². The SMILES string of the molecule is O=C(NCC(=O)N1CCC(C2CCC(c3ccc(O)cc3)CC2)C1)c1ccc(Cl)c(Cl)c1. The number of benzene rings is 2. The largest absolute Gasteiger partial charge is 0.508 e. The van der Waals surface area contributed by atoms with Gasteiger partial charge in [-0.3, -0.25) is 9.59 Å².